The molecule has 2 N–H and O–H groups in total. The van der Waals surface area contributed by atoms with Crippen molar-refractivity contribution < 1.29 is 9.59 Å². The zero-order valence-corrected chi connectivity index (χ0v) is 16.0. The van der Waals surface area contributed by atoms with Crippen LogP contribution in [-0.4, -0.2) is 65.6 Å². The quantitative estimate of drug-likeness (QED) is 0.780. The fourth-order valence-corrected chi connectivity index (χ4v) is 3.03. The first-order valence-corrected chi connectivity index (χ1v) is 9.52. The van der Waals surface area contributed by atoms with Crippen molar-refractivity contribution in [2.24, 2.45) is 0 Å². The second-order valence-corrected chi connectivity index (χ2v) is 6.72. The number of carbonyl (C=O) groups is 2. The number of carbonyl (C=O) groups excluding carboxylic acids is 2. The molecule has 0 spiro atoms. The summed E-state index contributed by atoms with van der Waals surface area (Å²) in [5.74, 6) is 0.495. The lowest BCUT2D eigenvalue weighted by molar-refractivity contribution is -0.122. The van der Waals surface area contributed by atoms with Gasteiger partial charge >= 0.3 is 6.03 Å². The van der Waals surface area contributed by atoms with Gasteiger partial charge in [-0.3, -0.25) is 4.79 Å². The molecule has 28 heavy (non-hydrogen) atoms. The van der Waals surface area contributed by atoms with Crippen molar-refractivity contribution in [1.82, 2.24) is 25.5 Å². The van der Waals surface area contributed by atoms with E-state index in [1.807, 2.05) is 35.2 Å². The van der Waals surface area contributed by atoms with Crippen LogP contribution in [0.4, 0.5) is 10.7 Å². The van der Waals surface area contributed by atoms with Gasteiger partial charge in [-0.15, -0.1) is 0 Å². The molecule has 148 valence electrons. The summed E-state index contributed by atoms with van der Waals surface area (Å²) in [4.78, 5) is 36.9. The van der Waals surface area contributed by atoms with E-state index in [9.17, 15) is 9.59 Å². The van der Waals surface area contributed by atoms with Crippen LogP contribution in [0, 0.1) is 0 Å². The van der Waals surface area contributed by atoms with Gasteiger partial charge in [-0.2, -0.15) is 0 Å². The standard InChI is InChI=1S/C20H26N6O2/c1-16(18(27)21-11-8-17-6-3-2-4-7-17)24-20(28)26-14-12-25(13-15-26)19-22-9-5-10-23-19/h2-7,9-10,16H,8,11-15H2,1H3,(H,21,27)(H,24,28). The van der Waals surface area contributed by atoms with Gasteiger partial charge in [0.1, 0.15) is 6.04 Å². The molecule has 3 amide bonds. The van der Waals surface area contributed by atoms with Crippen LogP contribution in [0.25, 0.3) is 0 Å². The average molecular weight is 382 g/mol. The second kappa shape index (κ2) is 9.68. The van der Waals surface area contributed by atoms with Crippen LogP contribution in [0.15, 0.2) is 48.8 Å². The molecule has 2 heterocycles. The molecule has 3 rings (SSSR count). The monoisotopic (exact) mass is 382 g/mol. The van der Waals surface area contributed by atoms with Gasteiger partial charge in [0.2, 0.25) is 11.9 Å². The normalized spacial score (nSPS) is 15.0. The molecule has 8 nitrogen and oxygen atoms in total. The summed E-state index contributed by atoms with van der Waals surface area (Å²) in [7, 11) is 0. The lowest BCUT2D eigenvalue weighted by Crippen LogP contribution is -2.55. The summed E-state index contributed by atoms with van der Waals surface area (Å²) in [6, 6.07) is 10.9. The SMILES string of the molecule is CC(NC(=O)N1CCN(c2ncccn2)CC1)C(=O)NCCc1ccccc1. The molecular weight excluding hydrogens is 356 g/mol. The number of piperazine rings is 1. The molecule has 1 aromatic heterocycles. The van der Waals surface area contributed by atoms with Crippen molar-refractivity contribution in [2.45, 2.75) is 19.4 Å². The second-order valence-electron chi connectivity index (χ2n) is 6.72. The number of anilines is 1. The summed E-state index contributed by atoms with van der Waals surface area (Å²) in [5, 5.41) is 5.65. The van der Waals surface area contributed by atoms with Gasteiger partial charge in [0.25, 0.3) is 0 Å². The Hall–Kier alpha value is -3.16. The highest BCUT2D eigenvalue weighted by Gasteiger charge is 2.24. The number of rotatable bonds is 6. The average Bonchev–Trinajstić information content (AvgIpc) is 2.75. The fourth-order valence-electron chi connectivity index (χ4n) is 3.03. The van der Waals surface area contributed by atoms with Crippen molar-refractivity contribution in [3.05, 3.63) is 54.4 Å². The Bertz CT molecular complexity index is 763. The molecule has 1 aliphatic rings. The Balaban J connectivity index is 1.38. The minimum atomic E-state index is -0.584. The predicted molar refractivity (Wildman–Crippen MR) is 107 cm³/mol. The Kier molecular flexibility index (Phi) is 6.78. The van der Waals surface area contributed by atoms with E-state index in [2.05, 4.69) is 20.6 Å². The van der Waals surface area contributed by atoms with E-state index in [1.54, 1.807) is 30.3 Å². The summed E-state index contributed by atoms with van der Waals surface area (Å²) < 4.78 is 0. The smallest absolute Gasteiger partial charge is 0.318 e. The minimum absolute atomic E-state index is 0.180. The molecule has 2 aromatic rings. The molecule has 1 saturated heterocycles. The predicted octanol–water partition coefficient (Wildman–Crippen LogP) is 1.06. The van der Waals surface area contributed by atoms with Crippen LogP contribution in [-0.2, 0) is 11.2 Å². The Morgan fingerprint density at radius 1 is 1.04 bits per heavy atom. The maximum atomic E-state index is 12.4. The molecule has 8 heteroatoms. The first kappa shape index (κ1) is 19.6. The first-order valence-electron chi connectivity index (χ1n) is 9.52. The van der Waals surface area contributed by atoms with Gasteiger partial charge in [0, 0.05) is 45.1 Å². The zero-order chi connectivity index (χ0) is 19.8. The maximum absolute atomic E-state index is 12.4. The van der Waals surface area contributed by atoms with Crippen molar-refractivity contribution in [2.75, 3.05) is 37.6 Å². The van der Waals surface area contributed by atoms with E-state index >= 15 is 0 Å². The number of aromatic nitrogens is 2. The largest absolute Gasteiger partial charge is 0.354 e. The van der Waals surface area contributed by atoms with Crippen LogP contribution in [0.5, 0.6) is 0 Å². The Morgan fingerprint density at radius 3 is 2.39 bits per heavy atom. The van der Waals surface area contributed by atoms with Crippen LogP contribution >= 0.6 is 0 Å². The van der Waals surface area contributed by atoms with Gasteiger partial charge < -0.3 is 20.4 Å². The van der Waals surface area contributed by atoms with E-state index in [-0.39, 0.29) is 11.9 Å². The van der Waals surface area contributed by atoms with Crippen LogP contribution in [0.1, 0.15) is 12.5 Å². The number of hydrogen-bond acceptors (Lipinski definition) is 5. The summed E-state index contributed by atoms with van der Waals surface area (Å²) in [6.07, 6.45) is 4.18. The highest BCUT2D eigenvalue weighted by atomic mass is 16.2. The van der Waals surface area contributed by atoms with Gasteiger partial charge in [0.15, 0.2) is 0 Å². The van der Waals surface area contributed by atoms with Gasteiger partial charge in [0.05, 0.1) is 0 Å². The fraction of sp³-hybridized carbons (Fsp3) is 0.400. The van der Waals surface area contributed by atoms with Gasteiger partial charge in [-0.1, -0.05) is 30.3 Å². The van der Waals surface area contributed by atoms with E-state index in [0.29, 0.717) is 38.7 Å². The molecule has 1 fully saturated rings. The van der Waals surface area contributed by atoms with E-state index < -0.39 is 6.04 Å². The molecule has 1 unspecified atom stereocenters. The van der Waals surface area contributed by atoms with Crippen molar-refractivity contribution in [3.8, 4) is 0 Å². The van der Waals surface area contributed by atoms with Gasteiger partial charge in [-0.25, -0.2) is 14.8 Å². The van der Waals surface area contributed by atoms with Gasteiger partial charge in [-0.05, 0) is 25.0 Å². The number of urea groups is 1. The summed E-state index contributed by atoms with van der Waals surface area (Å²) in [5.41, 5.74) is 1.17. The van der Waals surface area contributed by atoms with Crippen molar-refractivity contribution >= 4 is 17.9 Å². The van der Waals surface area contributed by atoms with Crippen molar-refractivity contribution in [1.29, 1.82) is 0 Å². The van der Waals surface area contributed by atoms with E-state index in [0.717, 1.165) is 6.42 Å². The summed E-state index contributed by atoms with van der Waals surface area (Å²) in [6.45, 7) is 4.69. The topological polar surface area (TPSA) is 90.5 Å². The molecule has 0 radical (unpaired) electrons. The maximum Gasteiger partial charge on any atom is 0.318 e. The third kappa shape index (κ3) is 5.42. The molecule has 0 bridgehead atoms. The highest BCUT2D eigenvalue weighted by molar-refractivity contribution is 5.86. The Morgan fingerprint density at radius 2 is 1.71 bits per heavy atom. The molecule has 0 aliphatic carbocycles. The number of benzene rings is 1. The summed E-state index contributed by atoms with van der Waals surface area (Å²) >= 11 is 0. The molecule has 0 saturated carbocycles. The van der Waals surface area contributed by atoms with Crippen LogP contribution < -0.4 is 15.5 Å². The highest BCUT2D eigenvalue weighted by Crippen LogP contribution is 2.09. The molecule has 1 atom stereocenters. The van der Waals surface area contributed by atoms with Crippen molar-refractivity contribution in [3.63, 3.8) is 0 Å². The third-order valence-corrected chi connectivity index (χ3v) is 4.69. The molecular formula is C20H26N6O2. The lowest BCUT2D eigenvalue weighted by atomic mass is 10.1. The number of amides is 3. The minimum Gasteiger partial charge on any atom is -0.354 e. The molecule has 1 aromatic carbocycles. The first-order chi connectivity index (χ1) is 13.6. The number of hydrogen-bond donors (Lipinski definition) is 2. The van der Waals surface area contributed by atoms with Crippen LogP contribution in [0.2, 0.25) is 0 Å². The molecule has 1 aliphatic heterocycles. The number of nitrogens with one attached hydrogen (secondary N) is 2. The third-order valence-electron chi connectivity index (χ3n) is 4.69. The number of nitrogens with zero attached hydrogens (tertiary/aromatic N) is 4. The Labute approximate surface area is 165 Å². The van der Waals surface area contributed by atoms with Crippen LogP contribution in [0.3, 0.4) is 0 Å². The zero-order valence-electron chi connectivity index (χ0n) is 16.0. The lowest BCUT2D eigenvalue weighted by Gasteiger charge is -2.35. The van der Waals surface area contributed by atoms with E-state index in [4.69, 9.17) is 0 Å². The van der Waals surface area contributed by atoms with E-state index in [1.165, 1.54) is 5.56 Å².